The normalized spacial score (nSPS) is 12.9. The lowest BCUT2D eigenvalue weighted by Gasteiger charge is -2.13. The van der Waals surface area contributed by atoms with Crippen molar-refractivity contribution >= 4 is 23.6 Å². The number of benzene rings is 2. The van der Waals surface area contributed by atoms with Crippen molar-refractivity contribution in [2.45, 2.75) is 11.8 Å². The van der Waals surface area contributed by atoms with Crippen molar-refractivity contribution in [2.75, 3.05) is 25.3 Å². The van der Waals surface area contributed by atoms with E-state index in [9.17, 15) is 9.59 Å². The minimum absolute atomic E-state index is 0.135. The number of rotatable bonds is 8. The predicted molar refractivity (Wildman–Crippen MR) is 110 cm³/mol. The molecule has 0 saturated heterocycles. The number of fused-ring (bicyclic) bond motifs is 1. The fourth-order valence-corrected chi connectivity index (χ4v) is 3.81. The average Bonchev–Trinajstić information content (AvgIpc) is 3.25. The molecule has 1 aliphatic heterocycles. The van der Waals surface area contributed by atoms with E-state index >= 15 is 0 Å². The van der Waals surface area contributed by atoms with E-state index in [4.69, 9.17) is 15.3 Å². The molecule has 9 nitrogen and oxygen atoms in total. The lowest BCUT2D eigenvalue weighted by Crippen LogP contribution is -2.32. The zero-order valence-electron chi connectivity index (χ0n) is 16.1. The van der Waals surface area contributed by atoms with Crippen molar-refractivity contribution in [1.82, 2.24) is 19.8 Å². The highest BCUT2D eigenvalue weighted by atomic mass is 32.2. The number of ether oxygens (including phenoxy) is 2. The molecule has 2 heterocycles. The van der Waals surface area contributed by atoms with Crippen LogP contribution in [0.5, 0.6) is 11.5 Å². The lowest BCUT2D eigenvalue weighted by molar-refractivity contribution is 0.0664. The van der Waals surface area contributed by atoms with Crippen molar-refractivity contribution in [1.29, 1.82) is 0 Å². The second-order valence-electron chi connectivity index (χ2n) is 6.39. The summed E-state index contributed by atoms with van der Waals surface area (Å²) >= 11 is 1.31. The fourth-order valence-electron chi connectivity index (χ4n) is 3.01. The Hall–Kier alpha value is -3.53. The van der Waals surface area contributed by atoms with Gasteiger partial charge < -0.3 is 15.3 Å². The number of imide groups is 1. The van der Waals surface area contributed by atoms with Gasteiger partial charge in [0.15, 0.2) is 5.82 Å². The maximum atomic E-state index is 12.4. The minimum atomic E-state index is -0.280. The predicted octanol–water partition coefficient (Wildman–Crippen LogP) is 1.97. The lowest BCUT2D eigenvalue weighted by atomic mass is 10.1. The Balaban J connectivity index is 1.33. The molecule has 154 valence electrons. The number of nitrogen functional groups attached to an aromatic ring is 1. The second-order valence-corrected chi connectivity index (χ2v) is 7.45. The molecule has 0 atom stereocenters. The molecule has 1 aromatic heterocycles. The van der Waals surface area contributed by atoms with Gasteiger partial charge in [0.1, 0.15) is 18.1 Å². The molecule has 10 heteroatoms. The summed E-state index contributed by atoms with van der Waals surface area (Å²) in [5.74, 6) is 7.70. The van der Waals surface area contributed by atoms with Crippen LogP contribution in [0.4, 0.5) is 0 Å². The molecule has 2 aromatic carbocycles. The molecule has 0 bridgehead atoms. The van der Waals surface area contributed by atoms with Crippen molar-refractivity contribution < 1.29 is 19.1 Å². The van der Waals surface area contributed by atoms with E-state index in [0.717, 1.165) is 0 Å². The Morgan fingerprint density at radius 1 is 1.00 bits per heavy atom. The van der Waals surface area contributed by atoms with E-state index in [2.05, 4.69) is 10.2 Å². The number of nitrogens with two attached hydrogens (primary N) is 1. The monoisotopic (exact) mass is 425 g/mol. The van der Waals surface area contributed by atoms with Gasteiger partial charge in [0.05, 0.1) is 18.2 Å². The number of carbonyl (C=O) groups excluding carboxylic acids is 2. The fraction of sp³-hybridized carbons (Fsp3) is 0.200. The van der Waals surface area contributed by atoms with Crippen LogP contribution in [0.1, 0.15) is 26.5 Å². The molecule has 0 unspecified atom stereocenters. The number of aromatic nitrogens is 3. The topological polar surface area (TPSA) is 113 Å². The van der Waals surface area contributed by atoms with Crippen LogP contribution >= 0.6 is 11.8 Å². The van der Waals surface area contributed by atoms with Crippen LogP contribution in [0.25, 0.3) is 0 Å². The van der Waals surface area contributed by atoms with Gasteiger partial charge in [-0.2, -0.15) is 0 Å². The molecular weight excluding hydrogens is 406 g/mol. The number of nitrogens with zero attached hydrogens (tertiary/aromatic N) is 4. The number of hydrogen-bond acceptors (Lipinski definition) is 8. The largest absolute Gasteiger partial charge is 0.497 e. The summed E-state index contributed by atoms with van der Waals surface area (Å²) in [6.07, 6.45) is 0. The molecule has 4 rings (SSSR count). The van der Waals surface area contributed by atoms with E-state index in [0.29, 0.717) is 39.4 Å². The molecule has 0 radical (unpaired) electrons. The Morgan fingerprint density at radius 3 is 2.40 bits per heavy atom. The van der Waals surface area contributed by atoms with Crippen LogP contribution in [0, 0.1) is 0 Å². The van der Waals surface area contributed by atoms with E-state index in [-0.39, 0.29) is 25.0 Å². The number of thioether (sulfide) groups is 1. The molecule has 0 aliphatic carbocycles. The van der Waals surface area contributed by atoms with Gasteiger partial charge in [0, 0.05) is 18.4 Å². The molecule has 0 spiro atoms. The summed E-state index contributed by atoms with van der Waals surface area (Å²) in [6.45, 7) is 0.384. The van der Waals surface area contributed by atoms with Crippen LogP contribution < -0.4 is 15.3 Å². The Labute approximate surface area is 176 Å². The van der Waals surface area contributed by atoms with Gasteiger partial charge >= 0.3 is 0 Å². The van der Waals surface area contributed by atoms with Gasteiger partial charge in [-0.25, -0.2) is 4.68 Å². The smallest absolute Gasteiger partial charge is 0.261 e. The summed E-state index contributed by atoms with van der Waals surface area (Å²) < 4.78 is 12.2. The van der Waals surface area contributed by atoms with Crippen LogP contribution in [0.2, 0.25) is 0 Å². The van der Waals surface area contributed by atoms with Crippen molar-refractivity contribution in [3.8, 4) is 11.5 Å². The molecule has 0 fully saturated rings. The number of carbonyl (C=O) groups is 2. The highest BCUT2D eigenvalue weighted by Gasteiger charge is 2.34. The second kappa shape index (κ2) is 8.46. The third-order valence-electron chi connectivity index (χ3n) is 4.57. The number of hydrogen-bond donors (Lipinski definition) is 1. The zero-order chi connectivity index (χ0) is 21.1. The quantitative estimate of drug-likeness (QED) is 0.331. The molecular formula is C20H19N5O4S. The third-order valence-corrected chi connectivity index (χ3v) is 5.49. The molecule has 2 amide bonds. The van der Waals surface area contributed by atoms with Crippen LogP contribution in [-0.2, 0) is 6.61 Å². The van der Waals surface area contributed by atoms with Crippen molar-refractivity contribution in [2.24, 2.45) is 0 Å². The summed E-state index contributed by atoms with van der Waals surface area (Å²) in [5, 5.41) is 8.58. The van der Waals surface area contributed by atoms with Crippen molar-refractivity contribution in [3.05, 3.63) is 65.5 Å². The molecule has 3 aromatic rings. The summed E-state index contributed by atoms with van der Waals surface area (Å²) in [4.78, 5) is 26.0. The van der Waals surface area contributed by atoms with Crippen LogP contribution in [-0.4, -0.2) is 51.0 Å². The Bertz CT molecular complexity index is 1070. The number of methoxy groups -OCH3 is 1. The van der Waals surface area contributed by atoms with Gasteiger partial charge in [0.2, 0.25) is 5.16 Å². The number of amides is 2. The SMILES string of the molecule is COc1cccc(OCc2nnc(SCCN3C(=O)c4ccccc4C3=O)n2N)c1. The molecule has 30 heavy (non-hydrogen) atoms. The standard InChI is InChI=1S/C20H19N5O4S/c1-28-13-5-4-6-14(11-13)29-12-17-22-23-20(25(17)21)30-10-9-24-18(26)15-7-2-3-8-16(15)19(24)27/h2-8,11H,9-10,12,21H2,1H3. The van der Waals surface area contributed by atoms with Gasteiger partial charge in [-0.05, 0) is 24.3 Å². The first-order chi connectivity index (χ1) is 14.6. The first-order valence-corrected chi connectivity index (χ1v) is 10.1. The van der Waals surface area contributed by atoms with E-state index in [1.165, 1.54) is 21.3 Å². The molecule has 0 saturated carbocycles. The zero-order valence-corrected chi connectivity index (χ0v) is 17.0. The maximum absolute atomic E-state index is 12.4. The summed E-state index contributed by atoms with van der Waals surface area (Å²) in [5.41, 5.74) is 0.873. The highest BCUT2D eigenvalue weighted by molar-refractivity contribution is 7.99. The summed E-state index contributed by atoms with van der Waals surface area (Å²) in [6, 6.07) is 14.0. The summed E-state index contributed by atoms with van der Waals surface area (Å²) in [7, 11) is 1.58. The van der Waals surface area contributed by atoms with E-state index in [1.807, 2.05) is 12.1 Å². The van der Waals surface area contributed by atoms with E-state index in [1.54, 1.807) is 43.5 Å². The average molecular weight is 425 g/mol. The highest BCUT2D eigenvalue weighted by Crippen LogP contribution is 2.24. The van der Waals surface area contributed by atoms with Gasteiger partial charge in [-0.15, -0.1) is 10.2 Å². The Morgan fingerprint density at radius 2 is 1.70 bits per heavy atom. The molecule has 2 N–H and O–H groups in total. The first-order valence-electron chi connectivity index (χ1n) is 9.12. The maximum Gasteiger partial charge on any atom is 0.261 e. The van der Waals surface area contributed by atoms with Crippen molar-refractivity contribution in [3.63, 3.8) is 0 Å². The first kappa shape index (κ1) is 19.8. The van der Waals surface area contributed by atoms with Crippen LogP contribution in [0.15, 0.2) is 53.7 Å². The van der Waals surface area contributed by atoms with Crippen LogP contribution in [0.3, 0.4) is 0 Å². The molecule has 1 aliphatic rings. The van der Waals surface area contributed by atoms with Gasteiger partial charge in [-0.1, -0.05) is 30.0 Å². The Kier molecular flexibility index (Phi) is 5.57. The minimum Gasteiger partial charge on any atom is -0.497 e. The van der Waals surface area contributed by atoms with Gasteiger partial charge in [0.25, 0.3) is 11.8 Å². The third kappa shape index (κ3) is 3.81. The van der Waals surface area contributed by atoms with E-state index < -0.39 is 0 Å². The van der Waals surface area contributed by atoms with Gasteiger partial charge in [-0.3, -0.25) is 14.5 Å².